The predicted molar refractivity (Wildman–Crippen MR) is 81.0 cm³/mol. The average molecular weight is 266 g/mol. The molecule has 3 aromatic rings. The van der Waals surface area contributed by atoms with Crippen LogP contribution in [-0.4, -0.2) is 14.5 Å². The minimum absolute atomic E-state index is 0.516. The van der Waals surface area contributed by atoms with Gasteiger partial charge in [-0.15, -0.1) is 0 Å². The van der Waals surface area contributed by atoms with Crippen LogP contribution in [0.3, 0.4) is 0 Å². The summed E-state index contributed by atoms with van der Waals surface area (Å²) in [6.07, 6.45) is 1.83. The number of pyridine rings is 1. The van der Waals surface area contributed by atoms with Gasteiger partial charge in [0.25, 0.3) is 0 Å². The molecule has 0 bridgehead atoms. The van der Waals surface area contributed by atoms with Crippen molar-refractivity contribution in [1.82, 2.24) is 14.5 Å². The van der Waals surface area contributed by atoms with E-state index >= 15 is 0 Å². The second-order valence-electron chi connectivity index (χ2n) is 5.16. The summed E-state index contributed by atoms with van der Waals surface area (Å²) in [6, 6.07) is 8.30. The fraction of sp³-hybridized carbons (Fsp3) is 0.250. The highest BCUT2D eigenvalue weighted by molar-refractivity contribution is 5.78. The summed E-state index contributed by atoms with van der Waals surface area (Å²) in [5, 5.41) is 0. The van der Waals surface area contributed by atoms with Crippen LogP contribution in [0.15, 0.2) is 30.6 Å². The highest BCUT2D eigenvalue weighted by atomic mass is 15.1. The molecule has 2 heterocycles. The van der Waals surface area contributed by atoms with E-state index < -0.39 is 0 Å². The highest BCUT2D eigenvalue weighted by Gasteiger charge is 2.08. The van der Waals surface area contributed by atoms with Gasteiger partial charge in [-0.05, 0) is 55.7 Å². The number of aromatic nitrogens is 3. The van der Waals surface area contributed by atoms with E-state index in [9.17, 15) is 0 Å². The molecule has 0 aliphatic rings. The van der Waals surface area contributed by atoms with Crippen molar-refractivity contribution in [1.29, 1.82) is 0 Å². The molecule has 0 fully saturated rings. The molecule has 102 valence electrons. The fourth-order valence-corrected chi connectivity index (χ4v) is 2.37. The first-order chi connectivity index (χ1) is 9.60. The molecule has 0 spiro atoms. The van der Waals surface area contributed by atoms with Crippen LogP contribution < -0.4 is 5.73 Å². The molecule has 0 aliphatic carbocycles. The third-order valence-electron chi connectivity index (χ3n) is 3.81. The molecule has 4 heteroatoms. The van der Waals surface area contributed by atoms with E-state index in [1.165, 1.54) is 11.1 Å². The van der Waals surface area contributed by atoms with E-state index in [-0.39, 0.29) is 0 Å². The van der Waals surface area contributed by atoms with Gasteiger partial charge in [0.15, 0.2) is 0 Å². The topological polar surface area (TPSA) is 56.7 Å². The number of imidazole rings is 1. The maximum absolute atomic E-state index is 5.69. The molecule has 0 saturated carbocycles. The van der Waals surface area contributed by atoms with E-state index in [1.807, 2.05) is 30.0 Å². The summed E-state index contributed by atoms with van der Waals surface area (Å²) in [6.45, 7) is 6.72. The van der Waals surface area contributed by atoms with Crippen LogP contribution in [0.1, 0.15) is 22.4 Å². The third-order valence-corrected chi connectivity index (χ3v) is 3.81. The lowest BCUT2D eigenvalue weighted by molar-refractivity contribution is 0.955. The molecule has 0 atom stereocenters. The summed E-state index contributed by atoms with van der Waals surface area (Å²) < 4.78 is 2.02. The van der Waals surface area contributed by atoms with Gasteiger partial charge in [0, 0.05) is 12.2 Å². The van der Waals surface area contributed by atoms with Crippen LogP contribution in [0.5, 0.6) is 0 Å². The second-order valence-corrected chi connectivity index (χ2v) is 5.16. The molecular weight excluding hydrogens is 248 g/mol. The Kier molecular flexibility index (Phi) is 3.03. The van der Waals surface area contributed by atoms with Crippen LogP contribution in [0, 0.1) is 20.8 Å². The molecule has 3 rings (SSSR count). The molecule has 2 aromatic heterocycles. The standard InChI is InChI=1S/C16H18N4/c1-10-6-14-15(7-11(10)2)20(9-18-14)16-5-4-13(8-17)12(3)19-16/h4-7,9H,8,17H2,1-3H3. The molecule has 2 N–H and O–H groups in total. The van der Waals surface area contributed by atoms with Crippen LogP contribution in [-0.2, 0) is 6.54 Å². The van der Waals surface area contributed by atoms with E-state index in [2.05, 4.69) is 35.9 Å². The molecule has 0 unspecified atom stereocenters. The van der Waals surface area contributed by atoms with Crippen molar-refractivity contribution in [2.45, 2.75) is 27.3 Å². The average Bonchev–Trinajstić information content (AvgIpc) is 2.82. The SMILES string of the molecule is Cc1cc2ncn(-c3ccc(CN)c(C)n3)c2cc1C. The summed E-state index contributed by atoms with van der Waals surface area (Å²) >= 11 is 0. The molecule has 0 radical (unpaired) electrons. The maximum Gasteiger partial charge on any atom is 0.138 e. The van der Waals surface area contributed by atoms with Crippen molar-refractivity contribution in [2.24, 2.45) is 5.73 Å². The van der Waals surface area contributed by atoms with Gasteiger partial charge >= 0.3 is 0 Å². The monoisotopic (exact) mass is 266 g/mol. The van der Waals surface area contributed by atoms with Gasteiger partial charge in [-0.1, -0.05) is 6.07 Å². The van der Waals surface area contributed by atoms with Gasteiger partial charge in [0.05, 0.1) is 11.0 Å². The normalized spacial score (nSPS) is 11.2. The number of aryl methyl sites for hydroxylation is 3. The Bertz CT molecular complexity index is 787. The smallest absolute Gasteiger partial charge is 0.138 e. The molecule has 4 nitrogen and oxygen atoms in total. The summed E-state index contributed by atoms with van der Waals surface area (Å²) in [5.74, 6) is 0.880. The van der Waals surface area contributed by atoms with Crippen molar-refractivity contribution in [3.05, 3.63) is 53.0 Å². The summed E-state index contributed by atoms with van der Waals surface area (Å²) in [7, 11) is 0. The van der Waals surface area contributed by atoms with Gasteiger partial charge in [0.2, 0.25) is 0 Å². The van der Waals surface area contributed by atoms with Gasteiger partial charge < -0.3 is 5.73 Å². The zero-order chi connectivity index (χ0) is 14.3. The van der Waals surface area contributed by atoms with Crippen molar-refractivity contribution in [2.75, 3.05) is 0 Å². The zero-order valence-corrected chi connectivity index (χ0v) is 12.0. The summed E-state index contributed by atoms with van der Waals surface area (Å²) in [5.41, 5.74) is 12.3. The maximum atomic E-state index is 5.69. The Morgan fingerprint density at radius 2 is 1.85 bits per heavy atom. The van der Waals surface area contributed by atoms with E-state index in [4.69, 9.17) is 5.73 Å². The quantitative estimate of drug-likeness (QED) is 0.776. The number of nitrogens with two attached hydrogens (primary N) is 1. The molecule has 20 heavy (non-hydrogen) atoms. The van der Waals surface area contributed by atoms with Crippen molar-refractivity contribution >= 4 is 11.0 Å². The first-order valence-corrected chi connectivity index (χ1v) is 6.71. The number of hydrogen-bond acceptors (Lipinski definition) is 3. The molecule has 0 saturated heterocycles. The lowest BCUT2D eigenvalue weighted by atomic mass is 10.1. The Balaban J connectivity index is 2.19. The molecule has 1 aromatic carbocycles. The Hall–Kier alpha value is -2.20. The van der Waals surface area contributed by atoms with Crippen molar-refractivity contribution < 1.29 is 0 Å². The van der Waals surface area contributed by atoms with Crippen LogP contribution in [0.4, 0.5) is 0 Å². The molecule has 0 amide bonds. The molecular formula is C16H18N4. The largest absolute Gasteiger partial charge is 0.326 e. The van der Waals surface area contributed by atoms with Crippen LogP contribution in [0.25, 0.3) is 16.9 Å². The number of hydrogen-bond donors (Lipinski definition) is 1. The predicted octanol–water partition coefficient (Wildman–Crippen LogP) is 2.80. The Labute approximate surface area is 118 Å². The number of nitrogens with zero attached hydrogens (tertiary/aromatic N) is 3. The lowest BCUT2D eigenvalue weighted by Gasteiger charge is -2.08. The van der Waals surface area contributed by atoms with E-state index in [1.54, 1.807) is 0 Å². The van der Waals surface area contributed by atoms with Gasteiger partial charge in [-0.3, -0.25) is 4.57 Å². The minimum atomic E-state index is 0.516. The Morgan fingerprint density at radius 1 is 1.10 bits per heavy atom. The number of benzene rings is 1. The zero-order valence-electron chi connectivity index (χ0n) is 12.0. The highest BCUT2D eigenvalue weighted by Crippen LogP contribution is 2.21. The number of fused-ring (bicyclic) bond motifs is 1. The Morgan fingerprint density at radius 3 is 2.55 bits per heavy atom. The van der Waals surface area contributed by atoms with Crippen LogP contribution >= 0.6 is 0 Å². The fourth-order valence-electron chi connectivity index (χ4n) is 2.37. The van der Waals surface area contributed by atoms with E-state index in [0.717, 1.165) is 28.1 Å². The first-order valence-electron chi connectivity index (χ1n) is 6.71. The van der Waals surface area contributed by atoms with Crippen molar-refractivity contribution in [3.8, 4) is 5.82 Å². The number of rotatable bonds is 2. The lowest BCUT2D eigenvalue weighted by Crippen LogP contribution is -2.04. The van der Waals surface area contributed by atoms with E-state index in [0.29, 0.717) is 6.54 Å². The third kappa shape index (κ3) is 1.98. The van der Waals surface area contributed by atoms with Gasteiger partial charge in [-0.25, -0.2) is 9.97 Å². The summed E-state index contributed by atoms with van der Waals surface area (Å²) in [4.78, 5) is 9.10. The van der Waals surface area contributed by atoms with Crippen molar-refractivity contribution in [3.63, 3.8) is 0 Å². The first kappa shape index (κ1) is 12.8. The minimum Gasteiger partial charge on any atom is -0.326 e. The second kappa shape index (κ2) is 4.72. The van der Waals surface area contributed by atoms with Gasteiger partial charge in [0.1, 0.15) is 12.1 Å². The van der Waals surface area contributed by atoms with Crippen LogP contribution in [0.2, 0.25) is 0 Å². The molecule has 0 aliphatic heterocycles. The van der Waals surface area contributed by atoms with Gasteiger partial charge in [-0.2, -0.15) is 0 Å².